The lowest BCUT2D eigenvalue weighted by Gasteiger charge is -2.21. The van der Waals surface area contributed by atoms with Gasteiger partial charge in [-0.25, -0.2) is 13.6 Å². The van der Waals surface area contributed by atoms with Gasteiger partial charge in [0.05, 0.1) is 4.90 Å². The van der Waals surface area contributed by atoms with Crippen LogP contribution in [0.5, 0.6) is 0 Å². The van der Waals surface area contributed by atoms with Crippen LogP contribution in [-0.4, -0.2) is 14.5 Å². The maximum Gasteiger partial charge on any atom is 0.238 e. The minimum Gasteiger partial charge on any atom is -0.382 e. The van der Waals surface area contributed by atoms with Crippen LogP contribution in [0.3, 0.4) is 0 Å². The van der Waals surface area contributed by atoms with Crippen LogP contribution in [0.1, 0.15) is 39.2 Å². The molecule has 0 radical (unpaired) electrons. The number of hydrogen-bond donors (Lipinski definition) is 2. The third kappa shape index (κ3) is 3.33. The Kier molecular flexibility index (Phi) is 3.86. The zero-order valence-corrected chi connectivity index (χ0v) is 13.4. The Labute approximate surface area is 121 Å². The van der Waals surface area contributed by atoms with E-state index in [1.54, 1.807) is 18.2 Å². The summed E-state index contributed by atoms with van der Waals surface area (Å²) in [6.45, 7) is 8.77. The summed E-state index contributed by atoms with van der Waals surface area (Å²) in [6.07, 6.45) is 2.27. The molecule has 1 aromatic rings. The van der Waals surface area contributed by atoms with Crippen molar-refractivity contribution in [1.82, 2.24) is 0 Å². The van der Waals surface area contributed by atoms with Crippen molar-refractivity contribution >= 4 is 15.7 Å². The van der Waals surface area contributed by atoms with E-state index >= 15 is 0 Å². The monoisotopic (exact) mass is 296 g/mol. The summed E-state index contributed by atoms with van der Waals surface area (Å²) in [5, 5.41) is 8.71. The van der Waals surface area contributed by atoms with E-state index in [2.05, 4.69) is 26.1 Å². The van der Waals surface area contributed by atoms with Crippen LogP contribution in [0.25, 0.3) is 0 Å². The van der Waals surface area contributed by atoms with Crippen molar-refractivity contribution < 1.29 is 8.42 Å². The Morgan fingerprint density at radius 1 is 1.30 bits per heavy atom. The molecule has 1 aliphatic rings. The Morgan fingerprint density at radius 3 is 2.45 bits per heavy atom. The smallest absolute Gasteiger partial charge is 0.238 e. The molecule has 2 atom stereocenters. The van der Waals surface area contributed by atoms with Gasteiger partial charge in [-0.1, -0.05) is 26.8 Å². The molecular weight excluding hydrogens is 272 g/mol. The van der Waals surface area contributed by atoms with Crippen LogP contribution in [0.2, 0.25) is 0 Å². The van der Waals surface area contributed by atoms with Gasteiger partial charge in [-0.15, -0.1) is 0 Å². The standard InChI is InChI=1S/C15H24N2O2S/c1-10-5-6-12(20(16,18)19)7-13(10)17-14-9-15(3,4)8-11(14)2/h5-7,11,14,17H,8-9H2,1-4H3,(H2,16,18,19). The van der Waals surface area contributed by atoms with E-state index in [1.807, 2.05) is 6.92 Å². The molecule has 2 rings (SSSR count). The first kappa shape index (κ1) is 15.3. The lowest BCUT2D eigenvalue weighted by Crippen LogP contribution is -2.23. The van der Waals surface area contributed by atoms with Gasteiger partial charge in [0.15, 0.2) is 0 Å². The Hall–Kier alpha value is -1.07. The van der Waals surface area contributed by atoms with E-state index < -0.39 is 10.0 Å². The van der Waals surface area contributed by atoms with E-state index in [9.17, 15) is 8.42 Å². The van der Waals surface area contributed by atoms with Crippen LogP contribution in [-0.2, 0) is 10.0 Å². The van der Waals surface area contributed by atoms with Crippen LogP contribution < -0.4 is 10.5 Å². The topological polar surface area (TPSA) is 72.2 Å². The number of primary sulfonamides is 1. The third-order valence-corrected chi connectivity index (χ3v) is 5.12. The van der Waals surface area contributed by atoms with Gasteiger partial charge in [0.1, 0.15) is 0 Å². The van der Waals surface area contributed by atoms with E-state index in [0.29, 0.717) is 17.4 Å². The van der Waals surface area contributed by atoms with Gasteiger partial charge in [0.2, 0.25) is 10.0 Å². The fourth-order valence-corrected chi connectivity index (χ4v) is 3.76. The third-order valence-electron chi connectivity index (χ3n) is 4.21. The van der Waals surface area contributed by atoms with Crippen molar-refractivity contribution in [2.75, 3.05) is 5.32 Å². The van der Waals surface area contributed by atoms with Crippen molar-refractivity contribution in [3.63, 3.8) is 0 Å². The van der Waals surface area contributed by atoms with E-state index in [4.69, 9.17) is 5.14 Å². The first-order valence-corrected chi connectivity index (χ1v) is 8.53. The molecular formula is C15H24N2O2S. The number of anilines is 1. The summed E-state index contributed by atoms with van der Waals surface area (Å²) in [7, 11) is -3.65. The molecule has 0 aliphatic heterocycles. The molecule has 1 aliphatic carbocycles. The largest absolute Gasteiger partial charge is 0.382 e. The Bertz CT molecular complexity index is 608. The molecule has 0 saturated heterocycles. The summed E-state index contributed by atoms with van der Waals surface area (Å²) in [6, 6.07) is 5.37. The van der Waals surface area contributed by atoms with Gasteiger partial charge in [-0.2, -0.15) is 0 Å². The first-order chi connectivity index (χ1) is 9.08. The van der Waals surface area contributed by atoms with E-state index in [-0.39, 0.29) is 4.90 Å². The molecule has 1 fully saturated rings. The van der Waals surface area contributed by atoms with Crippen LogP contribution in [0.15, 0.2) is 23.1 Å². The second kappa shape index (κ2) is 5.04. The number of benzene rings is 1. The number of nitrogens with two attached hydrogens (primary N) is 1. The minimum absolute atomic E-state index is 0.163. The highest BCUT2D eigenvalue weighted by Crippen LogP contribution is 2.42. The van der Waals surface area contributed by atoms with Crippen molar-refractivity contribution in [3.8, 4) is 0 Å². The van der Waals surface area contributed by atoms with Gasteiger partial charge < -0.3 is 5.32 Å². The maximum atomic E-state index is 11.5. The van der Waals surface area contributed by atoms with Crippen molar-refractivity contribution in [3.05, 3.63) is 23.8 Å². The zero-order valence-electron chi connectivity index (χ0n) is 12.6. The van der Waals surface area contributed by atoms with Crippen LogP contribution in [0.4, 0.5) is 5.69 Å². The van der Waals surface area contributed by atoms with Crippen molar-refractivity contribution in [2.24, 2.45) is 16.5 Å². The summed E-state index contributed by atoms with van der Waals surface area (Å²) in [5.41, 5.74) is 2.24. The molecule has 1 aromatic carbocycles. The average Bonchev–Trinajstić information content (AvgIpc) is 2.53. The second-order valence-corrected chi connectivity index (χ2v) is 8.38. The highest BCUT2D eigenvalue weighted by atomic mass is 32.2. The molecule has 0 aromatic heterocycles. The van der Waals surface area contributed by atoms with E-state index in [1.165, 1.54) is 6.42 Å². The fourth-order valence-electron chi connectivity index (χ4n) is 3.22. The molecule has 0 spiro atoms. The SMILES string of the molecule is Cc1ccc(S(N)(=O)=O)cc1NC1CC(C)(C)CC1C. The minimum atomic E-state index is -3.65. The highest BCUT2D eigenvalue weighted by molar-refractivity contribution is 7.89. The molecule has 1 saturated carbocycles. The molecule has 112 valence electrons. The number of hydrogen-bond acceptors (Lipinski definition) is 3. The quantitative estimate of drug-likeness (QED) is 0.901. The van der Waals surface area contributed by atoms with Crippen molar-refractivity contribution in [1.29, 1.82) is 0 Å². The lowest BCUT2D eigenvalue weighted by atomic mass is 9.91. The summed E-state index contributed by atoms with van der Waals surface area (Å²) < 4.78 is 22.9. The predicted octanol–water partition coefficient (Wildman–Crippen LogP) is 2.88. The molecule has 2 unspecified atom stereocenters. The fraction of sp³-hybridized carbons (Fsp3) is 0.600. The maximum absolute atomic E-state index is 11.5. The average molecular weight is 296 g/mol. The van der Waals surface area contributed by atoms with Gasteiger partial charge in [-0.05, 0) is 48.8 Å². The second-order valence-electron chi connectivity index (χ2n) is 6.82. The number of aryl methyl sites for hydroxylation is 1. The molecule has 0 heterocycles. The molecule has 20 heavy (non-hydrogen) atoms. The summed E-state index contributed by atoms with van der Waals surface area (Å²) in [5.74, 6) is 0.572. The number of sulfonamides is 1. The summed E-state index contributed by atoms with van der Waals surface area (Å²) >= 11 is 0. The predicted molar refractivity (Wildman–Crippen MR) is 82.1 cm³/mol. The molecule has 0 bridgehead atoms. The molecule has 0 amide bonds. The van der Waals surface area contributed by atoms with Gasteiger partial charge in [0, 0.05) is 11.7 Å². The molecule has 5 heteroatoms. The van der Waals surface area contributed by atoms with Gasteiger partial charge in [-0.3, -0.25) is 0 Å². The van der Waals surface area contributed by atoms with Gasteiger partial charge >= 0.3 is 0 Å². The van der Waals surface area contributed by atoms with Crippen LogP contribution in [0, 0.1) is 18.3 Å². The van der Waals surface area contributed by atoms with Crippen LogP contribution >= 0.6 is 0 Å². The molecule has 4 nitrogen and oxygen atoms in total. The normalized spacial score (nSPS) is 25.6. The Morgan fingerprint density at radius 2 is 1.95 bits per heavy atom. The Balaban J connectivity index is 2.26. The first-order valence-electron chi connectivity index (χ1n) is 6.98. The van der Waals surface area contributed by atoms with E-state index in [0.717, 1.165) is 17.7 Å². The zero-order chi connectivity index (χ0) is 15.1. The lowest BCUT2D eigenvalue weighted by molar-refractivity contribution is 0.366. The van der Waals surface area contributed by atoms with Gasteiger partial charge in [0.25, 0.3) is 0 Å². The summed E-state index contributed by atoms with van der Waals surface area (Å²) in [4.78, 5) is 0.163. The van der Waals surface area contributed by atoms with Crippen molar-refractivity contribution in [2.45, 2.75) is 51.5 Å². The molecule has 3 N–H and O–H groups in total. The number of rotatable bonds is 3. The highest BCUT2D eigenvalue weighted by Gasteiger charge is 2.36. The number of nitrogens with one attached hydrogen (secondary N) is 1.